The Labute approximate surface area is 161 Å². The summed E-state index contributed by atoms with van der Waals surface area (Å²) in [7, 11) is -3.70. The van der Waals surface area contributed by atoms with Crippen LogP contribution in [-0.4, -0.2) is 36.7 Å². The average molecular weight is 402 g/mol. The van der Waals surface area contributed by atoms with E-state index in [1.807, 2.05) is 24.3 Å². The molecule has 0 spiro atoms. The van der Waals surface area contributed by atoms with Crippen LogP contribution in [0.15, 0.2) is 53.4 Å². The molecule has 8 heteroatoms. The largest absolute Gasteiger partial charge is 0.298 e. The second kappa shape index (κ2) is 7.38. The molecule has 1 saturated heterocycles. The molecule has 1 aliphatic rings. The summed E-state index contributed by atoms with van der Waals surface area (Å²) in [4.78, 5) is 17.2. The first-order valence-electron chi connectivity index (χ1n) is 8.82. The number of sulfonamides is 1. The van der Waals surface area contributed by atoms with E-state index in [1.165, 1.54) is 21.7 Å². The number of anilines is 1. The SMILES string of the molecule is O=C(Nc1nc2ccccc2s1)c1ccccc1S(=O)(=O)N1CCCCC1. The fourth-order valence-electron chi connectivity index (χ4n) is 3.21. The van der Waals surface area contributed by atoms with E-state index in [4.69, 9.17) is 0 Å². The van der Waals surface area contributed by atoms with Gasteiger partial charge in [-0.15, -0.1) is 0 Å². The number of amides is 1. The van der Waals surface area contributed by atoms with Crippen molar-refractivity contribution in [1.29, 1.82) is 0 Å². The molecule has 2 heterocycles. The zero-order chi connectivity index (χ0) is 18.9. The van der Waals surface area contributed by atoms with Crippen LogP contribution in [0.2, 0.25) is 0 Å². The molecule has 1 aliphatic heterocycles. The van der Waals surface area contributed by atoms with Crippen LogP contribution in [0.4, 0.5) is 5.13 Å². The van der Waals surface area contributed by atoms with Crippen LogP contribution in [0.3, 0.4) is 0 Å². The number of nitrogens with one attached hydrogen (secondary N) is 1. The zero-order valence-electron chi connectivity index (χ0n) is 14.6. The summed E-state index contributed by atoms with van der Waals surface area (Å²) in [6, 6.07) is 13.9. The van der Waals surface area contributed by atoms with E-state index in [9.17, 15) is 13.2 Å². The molecule has 0 radical (unpaired) electrons. The number of piperidine rings is 1. The summed E-state index contributed by atoms with van der Waals surface area (Å²) in [5.74, 6) is -0.467. The van der Waals surface area contributed by atoms with Crippen molar-refractivity contribution in [2.24, 2.45) is 0 Å². The van der Waals surface area contributed by atoms with E-state index in [-0.39, 0.29) is 10.5 Å². The summed E-state index contributed by atoms with van der Waals surface area (Å²) in [6.45, 7) is 0.992. The van der Waals surface area contributed by atoms with Crippen molar-refractivity contribution in [1.82, 2.24) is 9.29 Å². The Morgan fingerprint density at radius 2 is 1.70 bits per heavy atom. The molecule has 0 unspecified atom stereocenters. The van der Waals surface area contributed by atoms with E-state index >= 15 is 0 Å². The lowest BCUT2D eigenvalue weighted by molar-refractivity contribution is 0.102. The third kappa shape index (κ3) is 3.60. The number of hydrogen-bond acceptors (Lipinski definition) is 5. The van der Waals surface area contributed by atoms with Crippen LogP contribution in [0.25, 0.3) is 10.2 Å². The Bertz CT molecular complexity index is 1050. The van der Waals surface area contributed by atoms with Crippen LogP contribution in [-0.2, 0) is 10.0 Å². The van der Waals surface area contributed by atoms with Crippen molar-refractivity contribution in [2.75, 3.05) is 18.4 Å². The number of rotatable bonds is 4. The minimum Gasteiger partial charge on any atom is -0.298 e. The van der Waals surface area contributed by atoms with Crippen LogP contribution in [0, 0.1) is 0 Å². The summed E-state index contributed by atoms with van der Waals surface area (Å²) in [6.07, 6.45) is 2.73. The third-order valence-corrected chi connectivity index (χ3v) is 7.49. The molecule has 1 N–H and O–H groups in total. The standard InChI is InChI=1S/C19H19N3O3S2/c23-18(21-19-20-15-9-3-4-10-16(15)26-19)14-8-2-5-11-17(14)27(24,25)22-12-6-1-7-13-22/h2-5,8-11H,1,6-7,12-13H2,(H,20,21,23). The maximum atomic E-state index is 13.0. The number of para-hydroxylation sites is 1. The van der Waals surface area contributed by atoms with Gasteiger partial charge in [-0.1, -0.05) is 42.0 Å². The molecule has 0 aliphatic carbocycles. The van der Waals surface area contributed by atoms with Crippen molar-refractivity contribution in [2.45, 2.75) is 24.2 Å². The van der Waals surface area contributed by atoms with Gasteiger partial charge in [-0.3, -0.25) is 10.1 Å². The molecule has 0 saturated carbocycles. The molecular weight excluding hydrogens is 382 g/mol. The van der Waals surface area contributed by atoms with Gasteiger partial charge in [0.05, 0.1) is 20.7 Å². The van der Waals surface area contributed by atoms with Gasteiger partial charge in [0.2, 0.25) is 10.0 Å². The molecule has 4 rings (SSSR count). The van der Waals surface area contributed by atoms with Gasteiger partial charge in [-0.2, -0.15) is 4.31 Å². The zero-order valence-corrected chi connectivity index (χ0v) is 16.2. The molecule has 1 fully saturated rings. The normalized spacial score (nSPS) is 15.7. The predicted molar refractivity (Wildman–Crippen MR) is 107 cm³/mol. The first-order chi connectivity index (χ1) is 13.1. The lowest BCUT2D eigenvalue weighted by Gasteiger charge is -2.26. The van der Waals surface area contributed by atoms with Crippen molar-refractivity contribution in [3.8, 4) is 0 Å². The Morgan fingerprint density at radius 1 is 1.00 bits per heavy atom. The van der Waals surface area contributed by atoms with E-state index in [0.717, 1.165) is 29.5 Å². The summed E-state index contributed by atoms with van der Waals surface area (Å²) < 4.78 is 28.5. The maximum Gasteiger partial charge on any atom is 0.258 e. The molecule has 3 aromatic rings. The van der Waals surface area contributed by atoms with E-state index in [1.54, 1.807) is 18.2 Å². The minimum absolute atomic E-state index is 0.0468. The van der Waals surface area contributed by atoms with Gasteiger partial charge in [-0.05, 0) is 37.1 Å². The highest BCUT2D eigenvalue weighted by Crippen LogP contribution is 2.28. The second-order valence-electron chi connectivity index (χ2n) is 6.40. The number of hydrogen-bond donors (Lipinski definition) is 1. The van der Waals surface area contributed by atoms with Crippen molar-refractivity contribution in [3.05, 3.63) is 54.1 Å². The first-order valence-corrected chi connectivity index (χ1v) is 11.1. The predicted octanol–water partition coefficient (Wildman–Crippen LogP) is 3.72. The molecule has 2 aromatic carbocycles. The van der Waals surface area contributed by atoms with Crippen molar-refractivity contribution < 1.29 is 13.2 Å². The Kier molecular flexibility index (Phi) is 4.94. The molecular formula is C19H19N3O3S2. The minimum atomic E-state index is -3.70. The molecule has 0 bridgehead atoms. The van der Waals surface area contributed by atoms with Gasteiger partial charge in [-0.25, -0.2) is 13.4 Å². The average Bonchev–Trinajstić information content (AvgIpc) is 3.11. The number of carbonyl (C=O) groups excluding carboxylic acids is 1. The quantitative estimate of drug-likeness (QED) is 0.723. The smallest absolute Gasteiger partial charge is 0.258 e. The fraction of sp³-hybridized carbons (Fsp3) is 0.263. The van der Waals surface area contributed by atoms with Crippen LogP contribution in [0.1, 0.15) is 29.6 Å². The van der Waals surface area contributed by atoms with Crippen LogP contribution >= 0.6 is 11.3 Å². The number of benzene rings is 2. The van der Waals surface area contributed by atoms with Gasteiger partial charge in [0.15, 0.2) is 5.13 Å². The van der Waals surface area contributed by atoms with Crippen molar-refractivity contribution >= 4 is 42.6 Å². The topological polar surface area (TPSA) is 79.4 Å². The Balaban J connectivity index is 1.64. The van der Waals surface area contributed by atoms with Gasteiger partial charge in [0, 0.05) is 13.1 Å². The lowest BCUT2D eigenvalue weighted by Crippen LogP contribution is -2.36. The highest BCUT2D eigenvalue weighted by Gasteiger charge is 2.29. The number of nitrogens with zero attached hydrogens (tertiary/aromatic N) is 2. The third-order valence-electron chi connectivity index (χ3n) is 4.58. The highest BCUT2D eigenvalue weighted by atomic mass is 32.2. The first kappa shape index (κ1) is 18.1. The molecule has 27 heavy (non-hydrogen) atoms. The van der Waals surface area contributed by atoms with Gasteiger partial charge < -0.3 is 0 Å². The molecule has 6 nitrogen and oxygen atoms in total. The Morgan fingerprint density at radius 3 is 2.48 bits per heavy atom. The van der Waals surface area contributed by atoms with E-state index in [0.29, 0.717) is 18.2 Å². The number of carbonyl (C=O) groups is 1. The second-order valence-corrected chi connectivity index (χ2v) is 9.34. The highest BCUT2D eigenvalue weighted by molar-refractivity contribution is 7.89. The molecule has 140 valence electrons. The lowest BCUT2D eigenvalue weighted by atomic mass is 10.2. The van der Waals surface area contributed by atoms with E-state index in [2.05, 4.69) is 10.3 Å². The Hall–Kier alpha value is -2.29. The van der Waals surface area contributed by atoms with Crippen LogP contribution < -0.4 is 5.32 Å². The summed E-state index contributed by atoms with van der Waals surface area (Å²) in [5, 5.41) is 3.20. The van der Waals surface area contributed by atoms with Crippen LogP contribution in [0.5, 0.6) is 0 Å². The number of thiazole rings is 1. The fourth-order valence-corrected chi connectivity index (χ4v) is 5.78. The van der Waals surface area contributed by atoms with E-state index < -0.39 is 15.9 Å². The number of aromatic nitrogens is 1. The van der Waals surface area contributed by atoms with Gasteiger partial charge >= 0.3 is 0 Å². The molecule has 1 aromatic heterocycles. The number of fused-ring (bicyclic) bond motifs is 1. The summed E-state index contributed by atoms with van der Waals surface area (Å²) >= 11 is 1.36. The molecule has 0 atom stereocenters. The van der Waals surface area contributed by atoms with Gasteiger partial charge in [0.1, 0.15) is 0 Å². The van der Waals surface area contributed by atoms with Crippen molar-refractivity contribution in [3.63, 3.8) is 0 Å². The summed E-state index contributed by atoms with van der Waals surface area (Å²) in [5.41, 5.74) is 0.939. The van der Waals surface area contributed by atoms with Gasteiger partial charge in [0.25, 0.3) is 5.91 Å². The molecule has 1 amide bonds. The maximum absolute atomic E-state index is 13.0. The monoisotopic (exact) mass is 401 g/mol.